The monoisotopic (exact) mass is 387 g/mol. The number of carbonyl (C=O) groups excluding carboxylic acids is 2. The average molecular weight is 388 g/mol. The Morgan fingerprint density at radius 1 is 1.12 bits per heavy atom. The molecule has 26 heavy (non-hydrogen) atoms. The molecule has 0 spiro atoms. The molecule has 0 aliphatic carbocycles. The minimum absolute atomic E-state index is 0.00569. The SMILES string of the molecule is C[C@H](OC(=O)COc1ccc(F)cc1Cl)C(=O)Nc1ccc(F)c(F)c1. The van der Waals surface area contributed by atoms with Crippen molar-refractivity contribution in [2.75, 3.05) is 11.9 Å². The zero-order valence-electron chi connectivity index (χ0n) is 13.4. The largest absolute Gasteiger partial charge is 0.480 e. The number of anilines is 1. The van der Waals surface area contributed by atoms with Crippen molar-refractivity contribution in [1.29, 1.82) is 0 Å². The van der Waals surface area contributed by atoms with Crippen LogP contribution in [0.25, 0.3) is 0 Å². The Bertz CT molecular complexity index is 832. The highest BCUT2D eigenvalue weighted by Gasteiger charge is 2.19. The number of hydrogen-bond donors (Lipinski definition) is 1. The van der Waals surface area contributed by atoms with Crippen molar-refractivity contribution >= 4 is 29.2 Å². The predicted octanol–water partition coefficient (Wildman–Crippen LogP) is 3.71. The van der Waals surface area contributed by atoms with Crippen LogP contribution in [-0.4, -0.2) is 24.6 Å². The first-order valence-electron chi connectivity index (χ1n) is 7.29. The Morgan fingerprint density at radius 2 is 1.85 bits per heavy atom. The standard InChI is InChI=1S/C17H13ClF3NO4/c1-9(17(24)22-11-3-4-13(20)14(21)7-11)26-16(23)8-25-15-5-2-10(19)6-12(15)18/h2-7,9H,8H2,1H3,(H,22,24)/t9-/m0/s1. The van der Waals surface area contributed by atoms with Crippen LogP contribution >= 0.6 is 11.6 Å². The third-order valence-electron chi connectivity index (χ3n) is 3.10. The molecule has 1 amide bonds. The van der Waals surface area contributed by atoms with Gasteiger partial charge in [-0.05, 0) is 37.3 Å². The first-order valence-corrected chi connectivity index (χ1v) is 7.67. The van der Waals surface area contributed by atoms with Crippen molar-refractivity contribution < 1.29 is 32.2 Å². The molecule has 9 heteroatoms. The number of halogens is 4. The Morgan fingerprint density at radius 3 is 2.50 bits per heavy atom. The normalized spacial score (nSPS) is 11.6. The summed E-state index contributed by atoms with van der Waals surface area (Å²) in [4.78, 5) is 23.6. The number of hydrogen-bond acceptors (Lipinski definition) is 4. The lowest BCUT2D eigenvalue weighted by molar-refractivity contribution is -0.155. The molecule has 138 valence electrons. The summed E-state index contributed by atoms with van der Waals surface area (Å²) in [5.74, 6) is -4.30. The summed E-state index contributed by atoms with van der Waals surface area (Å²) in [6.07, 6.45) is -1.22. The minimum atomic E-state index is -1.22. The fourth-order valence-corrected chi connectivity index (χ4v) is 2.05. The number of rotatable bonds is 6. The maximum Gasteiger partial charge on any atom is 0.344 e. The molecule has 2 rings (SSSR count). The lowest BCUT2D eigenvalue weighted by atomic mass is 10.3. The van der Waals surface area contributed by atoms with Crippen LogP contribution in [0.2, 0.25) is 5.02 Å². The number of amides is 1. The maximum atomic E-state index is 13.1. The van der Waals surface area contributed by atoms with Gasteiger partial charge in [0.15, 0.2) is 24.3 Å². The molecule has 0 aliphatic heterocycles. The molecule has 1 atom stereocenters. The van der Waals surface area contributed by atoms with Crippen LogP contribution in [0, 0.1) is 17.5 Å². The van der Waals surface area contributed by atoms with Gasteiger partial charge in [0.2, 0.25) is 0 Å². The predicted molar refractivity (Wildman–Crippen MR) is 87.4 cm³/mol. The molecule has 2 aromatic carbocycles. The summed E-state index contributed by atoms with van der Waals surface area (Å²) >= 11 is 5.74. The molecule has 1 N–H and O–H groups in total. The molecule has 0 saturated carbocycles. The molecule has 2 aromatic rings. The molecule has 0 radical (unpaired) electrons. The van der Waals surface area contributed by atoms with Gasteiger partial charge < -0.3 is 14.8 Å². The zero-order chi connectivity index (χ0) is 19.3. The molecular formula is C17H13ClF3NO4. The molecule has 0 unspecified atom stereocenters. The topological polar surface area (TPSA) is 64.6 Å². The van der Waals surface area contributed by atoms with Crippen molar-refractivity contribution in [2.45, 2.75) is 13.0 Å². The van der Waals surface area contributed by atoms with Crippen LogP contribution in [-0.2, 0) is 14.3 Å². The summed E-state index contributed by atoms with van der Waals surface area (Å²) < 4.78 is 48.8. The molecule has 0 saturated heterocycles. The van der Waals surface area contributed by atoms with Crippen molar-refractivity contribution in [2.24, 2.45) is 0 Å². The van der Waals surface area contributed by atoms with Gasteiger partial charge in [0.25, 0.3) is 5.91 Å². The number of carbonyl (C=O) groups is 2. The summed E-state index contributed by atoms with van der Waals surface area (Å²) in [7, 11) is 0. The Labute approximate surface area is 151 Å². The highest BCUT2D eigenvalue weighted by Crippen LogP contribution is 2.24. The second-order valence-electron chi connectivity index (χ2n) is 5.11. The molecule has 0 fully saturated rings. The van der Waals surface area contributed by atoms with E-state index in [4.69, 9.17) is 21.1 Å². The van der Waals surface area contributed by atoms with E-state index in [1.807, 2.05) is 0 Å². The maximum absolute atomic E-state index is 13.1. The Kier molecular flexibility index (Phi) is 6.46. The fourth-order valence-electron chi connectivity index (χ4n) is 1.83. The van der Waals surface area contributed by atoms with Gasteiger partial charge in [0.1, 0.15) is 11.6 Å². The quantitative estimate of drug-likeness (QED) is 0.767. The van der Waals surface area contributed by atoms with Crippen LogP contribution in [0.1, 0.15) is 6.92 Å². The molecule has 0 heterocycles. The Balaban J connectivity index is 1.85. The third-order valence-corrected chi connectivity index (χ3v) is 3.40. The van der Waals surface area contributed by atoms with Crippen molar-refractivity contribution in [3.05, 3.63) is 58.9 Å². The van der Waals surface area contributed by atoms with Crippen LogP contribution in [0.3, 0.4) is 0 Å². The van der Waals surface area contributed by atoms with Gasteiger partial charge in [0, 0.05) is 11.8 Å². The van der Waals surface area contributed by atoms with E-state index in [9.17, 15) is 22.8 Å². The van der Waals surface area contributed by atoms with E-state index in [2.05, 4.69) is 5.32 Å². The smallest absolute Gasteiger partial charge is 0.344 e. The van der Waals surface area contributed by atoms with Crippen molar-refractivity contribution in [3.8, 4) is 5.75 Å². The summed E-state index contributed by atoms with van der Waals surface area (Å²) in [6, 6.07) is 6.16. The number of ether oxygens (including phenoxy) is 2. The van der Waals surface area contributed by atoms with Gasteiger partial charge in [-0.1, -0.05) is 11.6 Å². The van der Waals surface area contributed by atoms with Gasteiger partial charge in [-0.3, -0.25) is 4.79 Å². The van der Waals surface area contributed by atoms with Gasteiger partial charge in [-0.25, -0.2) is 18.0 Å². The number of benzene rings is 2. The second kappa shape index (κ2) is 8.57. The van der Waals surface area contributed by atoms with E-state index < -0.39 is 42.0 Å². The summed E-state index contributed by atoms with van der Waals surface area (Å²) in [5.41, 5.74) is 0.00569. The van der Waals surface area contributed by atoms with Crippen LogP contribution in [0.5, 0.6) is 5.75 Å². The summed E-state index contributed by atoms with van der Waals surface area (Å²) in [6.45, 7) is 0.728. The first kappa shape index (κ1) is 19.6. The van der Waals surface area contributed by atoms with Gasteiger partial charge in [-0.2, -0.15) is 0 Å². The van der Waals surface area contributed by atoms with Gasteiger partial charge in [0.05, 0.1) is 5.02 Å². The van der Waals surface area contributed by atoms with E-state index in [1.54, 1.807) is 0 Å². The second-order valence-corrected chi connectivity index (χ2v) is 5.52. The zero-order valence-corrected chi connectivity index (χ0v) is 14.1. The van der Waals surface area contributed by atoms with Crippen molar-refractivity contribution in [3.63, 3.8) is 0 Å². The molecule has 0 aliphatic rings. The lowest BCUT2D eigenvalue weighted by Crippen LogP contribution is -2.31. The molecule has 0 bridgehead atoms. The fraction of sp³-hybridized carbons (Fsp3) is 0.176. The Hall–Kier alpha value is -2.74. The summed E-state index contributed by atoms with van der Waals surface area (Å²) in [5, 5.41) is 2.25. The third kappa shape index (κ3) is 5.38. The van der Waals surface area contributed by atoms with E-state index in [0.717, 1.165) is 30.3 Å². The van der Waals surface area contributed by atoms with E-state index in [0.29, 0.717) is 0 Å². The van der Waals surface area contributed by atoms with Crippen molar-refractivity contribution in [1.82, 2.24) is 0 Å². The molecular weight excluding hydrogens is 375 g/mol. The van der Waals surface area contributed by atoms with E-state index in [1.165, 1.54) is 13.0 Å². The highest BCUT2D eigenvalue weighted by atomic mass is 35.5. The van der Waals surface area contributed by atoms with Gasteiger partial charge in [-0.15, -0.1) is 0 Å². The number of nitrogens with one attached hydrogen (secondary N) is 1. The van der Waals surface area contributed by atoms with Crippen LogP contribution < -0.4 is 10.1 Å². The first-order chi connectivity index (χ1) is 12.3. The average Bonchev–Trinajstić information content (AvgIpc) is 2.57. The number of esters is 1. The van der Waals surface area contributed by atoms with E-state index in [-0.39, 0.29) is 16.5 Å². The van der Waals surface area contributed by atoms with Crippen LogP contribution in [0.15, 0.2) is 36.4 Å². The molecule has 5 nitrogen and oxygen atoms in total. The van der Waals surface area contributed by atoms with E-state index >= 15 is 0 Å². The highest BCUT2D eigenvalue weighted by molar-refractivity contribution is 6.32. The van der Waals surface area contributed by atoms with Crippen LogP contribution in [0.4, 0.5) is 18.9 Å². The lowest BCUT2D eigenvalue weighted by Gasteiger charge is -2.14. The van der Waals surface area contributed by atoms with Gasteiger partial charge >= 0.3 is 5.97 Å². The minimum Gasteiger partial charge on any atom is -0.480 e. The molecule has 0 aromatic heterocycles.